The summed E-state index contributed by atoms with van der Waals surface area (Å²) in [7, 11) is 0. The Morgan fingerprint density at radius 1 is 0.382 bits per heavy atom. The first kappa shape index (κ1) is 32.4. The number of nitrogens with two attached hydrogens (primary N) is 1. The standard InChI is InChI=1S/C11H4F21NO/c12-2(13,1-33)3(14,15)7(22,23)10(29,30)34-11(31,32)8(24,25)5(18,19)4(16,17)6(20,21)9(26,27)28/h1,33H2. The molecule has 0 heterocycles. The molecule has 0 amide bonds. The van der Waals surface area contributed by atoms with Gasteiger partial charge in [0.15, 0.2) is 0 Å². The Kier molecular flexibility index (Phi) is 7.62. The Morgan fingerprint density at radius 3 is 0.912 bits per heavy atom. The van der Waals surface area contributed by atoms with E-state index in [1.54, 1.807) is 0 Å². The molecule has 34 heavy (non-hydrogen) atoms. The summed E-state index contributed by atoms with van der Waals surface area (Å²) in [6.07, 6.45) is -24.5. The van der Waals surface area contributed by atoms with E-state index in [-0.39, 0.29) is 0 Å². The molecule has 0 rings (SSSR count). The smallest absolute Gasteiger partial charge is 0.325 e. The lowest BCUT2D eigenvalue weighted by atomic mass is 9.97. The number of rotatable bonds is 10. The summed E-state index contributed by atoms with van der Waals surface area (Å²) < 4.78 is 270. The maximum atomic E-state index is 13.2. The molecule has 0 aliphatic rings. The van der Waals surface area contributed by atoms with Gasteiger partial charge in [0.2, 0.25) is 0 Å². The molecule has 0 aliphatic carbocycles. The van der Waals surface area contributed by atoms with Crippen LogP contribution in [0.25, 0.3) is 0 Å². The Labute approximate surface area is 170 Å². The molecule has 0 spiro atoms. The molecule has 0 aromatic heterocycles. The fourth-order valence-electron chi connectivity index (χ4n) is 1.58. The number of halogens is 21. The van der Waals surface area contributed by atoms with Gasteiger partial charge >= 0.3 is 59.9 Å². The van der Waals surface area contributed by atoms with E-state index in [2.05, 4.69) is 5.73 Å². The molecule has 0 fully saturated rings. The maximum absolute atomic E-state index is 13.2. The van der Waals surface area contributed by atoms with Gasteiger partial charge in [0.05, 0.1) is 6.54 Å². The van der Waals surface area contributed by atoms with Gasteiger partial charge in [-0.25, -0.2) is 4.74 Å². The largest absolute Gasteiger partial charge is 0.460 e. The fraction of sp³-hybridized carbons (Fsp3) is 1.00. The highest BCUT2D eigenvalue weighted by atomic mass is 19.4. The lowest BCUT2D eigenvalue weighted by Crippen LogP contribution is -2.72. The molecule has 0 radical (unpaired) electrons. The van der Waals surface area contributed by atoms with Crippen molar-refractivity contribution in [3.8, 4) is 0 Å². The normalized spacial score (nSPS) is 16.8. The van der Waals surface area contributed by atoms with Crippen molar-refractivity contribution in [2.24, 2.45) is 5.73 Å². The van der Waals surface area contributed by atoms with Crippen molar-refractivity contribution in [3.05, 3.63) is 0 Å². The minimum absolute atomic E-state index is 1.00. The third-order valence-electron chi connectivity index (χ3n) is 3.64. The van der Waals surface area contributed by atoms with Crippen molar-refractivity contribution in [3.63, 3.8) is 0 Å². The zero-order chi connectivity index (χ0) is 28.4. The Hall–Kier alpha value is -1.55. The van der Waals surface area contributed by atoms with Crippen LogP contribution in [-0.2, 0) is 4.74 Å². The molecule has 2 nitrogen and oxygen atoms in total. The minimum atomic E-state index is -8.82. The zero-order valence-corrected chi connectivity index (χ0v) is 14.6. The predicted octanol–water partition coefficient (Wildman–Crippen LogP) is 6.16. The fourth-order valence-corrected chi connectivity index (χ4v) is 1.58. The monoisotopic (exact) mass is 565 g/mol. The Bertz CT molecular complexity index is 735. The molecule has 0 atom stereocenters. The third kappa shape index (κ3) is 4.18. The first-order valence-corrected chi connectivity index (χ1v) is 7.14. The quantitative estimate of drug-likeness (QED) is 0.323. The van der Waals surface area contributed by atoms with E-state index < -0.39 is 66.4 Å². The van der Waals surface area contributed by atoms with E-state index in [1.165, 1.54) is 0 Å². The molecule has 0 aliphatic heterocycles. The van der Waals surface area contributed by atoms with Crippen molar-refractivity contribution >= 4 is 0 Å². The molecule has 0 unspecified atom stereocenters. The first-order chi connectivity index (χ1) is 14.3. The van der Waals surface area contributed by atoms with Crippen molar-refractivity contribution in [1.29, 1.82) is 0 Å². The van der Waals surface area contributed by atoms with Crippen LogP contribution in [0, 0.1) is 0 Å². The van der Waals surface area contributed by atoms with Gasteiger partial charge in [-0.2, -0.15) is 92.2 Å². The van der Waals surface area contributed by atoms with Crippen LogP contribution in [0.3, 0.4) is 0 Å². The lowest BCUT2D eigenvalue weighted by molar-refractivity contribution is -0.522. The van der Waals surface area contributed by atoms with Crippen molar-refractivity contribution < 1.29 is 96.9 Å². The van der Waals surface area contributed by atoms with Crippen LogP contribution in [0.2, 0.25) is 0 Å². The van der Waals surface area contributed by atoms with Crippen LogP contribution in [-0.4, -0.2) is 66.4 Å². The summed E-state index contributed by atoms with van der Waals surface area (Å²) in [5.74, 6) is -56.9. The number of ether oxygens (including phenoxy) is 1. The highest BCUT2D eigenvalue weighted by Gasteiger charge is 2.93. The molecule has 23 heteroatoms. The third-order valence-corrected chi connectivity index (χ3v) is 3.64. The summed E-state index contributed by atoms with van der Waals surface area (Å²) in [6, 6.07) is 0. The summed E-state index contributed by atoms with van der Waals surface area (Å²) >= 11 is 0. The van der Waals surface area contributed by atoms with E-state index in [9.17, 15) is 92.2 Å². The van der Waals surface area contributed by atoms with E-state index in [0.29, 0.717) is 0 Å². The van der Waals surface area contributed by atoms with E-state index >= 15 is 0 Å². The van der Waals surface area contributed by atoms with Crippen molar-refractivity contribution in [1.82, 2.24) is 0 Å². The Morgan fingerprint density at radius 2 is 0.647 bits per heavy atom. The van der Waals surface area contributed by atoms with Gasteiger partial charge in [0.1, 0.15) is 0 Å². The van der Waals surface area contributed by atoms with Crippen LogP contribution in [0.1, 0.15) is 0 Å². The SMILES string of the molecule is NCC(F)(F)C(F)(F)C(F)(F)C(F)(F)OC(F)(F)C(F)(F)C(F)(F)C(F)(F)C(F)(F)C(F)(F)F. The number of hydrogen-bond donors (Lipinski definition) is 1. The molecular weight excluding hydrogens is 561 g/mol. The average molecular weight is 565 g/mol. The Balaban J connectivity index is 6.64. The lowest BCUT2D eigenvalue weighted by Gasteiger charge is -2.41. The summed E-state index contributed by atoms with van der Waals surface area (Å²) in [5, 5.41) is 0. The second kappa shape index (κ2) is 7.98. The number of hydrogen-bond acceptors (Lipinski definition) is 2. The highest BCUT2D eigenvalue weighted by Crippen LogP contribution is 2.62. The van der Waals surface area contributed by atoms with Crippen LogP contribution in [0.5, 0.6) is 0 Å². The van der Waals surface area contributed by atoms with E-state index in [0.717, 1.165) is 4.74 Å². The van der Waals surface area contributed by atoms with Crippen LogP contribution >= 0.6 is 0 Å². The maximum Gasteiger partial charge on any atom is 0.460 e. The topological polar surface area (TPSA) is 35.2 Å². The van der Waals surface area contributed by atoms with Crippen LogP contribution in [0.15, 0.2) is 0 Å². The van der Waals surface area contributed by atoms with Gasteiger partial charge in [-0.05, 0) is 0 Å². The van der Waals surface area contributed by atoms with Gasteiger partial charge in [-0.3, -0.25) is 0 Å². The predicted molar refractivity (Wildman–Crippen MR) is 60.7 cm³/mol. The molecule has 0 saturated carbocycles. The molecule has 2 N–H and O–H groups in total. The first-order valence-electron chi connectivity index (χ1n) is 7.14. The van der Waals surface area contributed by atoms with Crippen LogP contribution < -0.4 is 5.73 Å². The van der Waals surface area contributed by atoms with E-state index in [4.69, 9.17) is 0 Å². The second-order valence-electron chi connectivity index (χ2n) is 5.99. The van der Waals surface area contributed by atoms with Gasteiger partial charge in [-0.15, -0.1) is 0 Å². The zero-order valence-electron chi connectivity index (χ0n) is 14.6. The minimum Gasteiger partial charge on any atom is -0.325 e. The molecule has 0 saturated heterocycles. The van der Waals surface area contributed by atoms with Gasteiger partial charge in [-0.1, -0.05) is 0 Å². The number of alkyl halides is 21. The average Bonchev–Trinajstić information content (AvgIpc) is 2.58. The molecular formula is C11H4F21NO. The second-order valence-corrected chi connectivity index (χ2v) is 5.99. The van der Waals surface area contributed by atoms with Crippen molar-refractivity contribution in [2.45, 2.75) is 59.9 Å². The molecule has 0 aromatic rings. The summed E-state index contributed by atoms with van der Waals surface area (Å²) in [4.78, 5) is 0. The van der Waals surface area contributed by atoms with E-state index in [1.807, 2.05) is 0 Å². The van der Waals surface area contributed by atoms with Gasteiger partial charge < -0.3 is 5.73 Å². The van der Waals surface area contributed by atoms with Gasteiger partial charge in [0, 0.05) is 0 Å². The van der Waals surface area contributed by atoms with Crippen molar-refractivity contribution in [2.75, 3.05) is 6.54 Å². The summed E-state index contributed by atoms with van der Waals surface area (Å²) in [5.41, 5.74) is 3.85. The summed E-state index contributed by atoms with van der Waals surface area (Å²) in [6.45, 7) is -2.99. The molecule has 0 aromatic carbocycles. The molecule has 0 bridgehead atoms. The van der Waals surface area contributed by atoms with Crippen LogP contribution in [0.4, 0.5) is 92.2 Å². The molecule has 206 valence electrons. The highest BCUT2D eigenvalue weighted by molar-refractivity contribution is 5.09. The van der Waals surface area contributed by atoms with Gasteiger partial charge in [0.25, 0.3) is 0 Å².